The number of rotatable bonds is 7. The first-order valence-corrected chi connectivity index (χ1v) is 20.1. The average Bonchev–Trinajstić information content (AvgIpc) is 3.62. The van der Waals surface area contributed by atoms with Gasteiger partial charge < -0.3 is 0 Å². The van der Waals surface area contributed by atoms with E-state index in [1.165, 1.54) is 60.8 Å². The van der Waals surface area contributed by atoms with E-state index in [9.17, 15) is 0 Å². The molecule has 0 radical (unpaired) electrons. The van der Waals surface area contributed by atoms with Gasteiger partial charge in [-0.25, -0.2) is 15.0 Å². The summed E-state index contributed by atoms with van der Waals surface area (Å²) in [4.78, 5) is 14.9. The number of aromatic nitrogens is 3. The molecule has 276 valence electrons. The van der Waals surface area contributed by atoms with Crippen molar-refractivity contribution < 1.29 is 0 Å². The van der Waals surface area contributed by atoms with Gasteiger partial charge in [0.05, 0.1) is 5.41 Å². The molecule has 11 rings (SSSR count). The zero-order valence-corrected chi connectivity index (χ0v) is 32.2. The molecular formula is C56H37N3. The van der Waals surface area contributed by atoms with Crippen LogP contribution in [-0.2, 0) is 5.41 Å². The highest BCUT2D eigenvalue weighted by atomic mass is 15.0. The highest BCUT2D eigenvalue weighted by Gasteiger charge is 2.46. The molecule has 0 fully saturated rings. The first kappa shape index (κ1) is 34.5. The third-order valence-electron chi connectivity index (χ3n) is 11.8. The Kier molecular flexibility index (Phi) is 8.37. The van der Waals surface area contributed by atoms with Crippen LogP contribution in [0.2, 0.25) is 0 Å². The lowest BCUT2D eigenvalue weighted by Crippen LogP contribution is -2.28. The summed E-state index contributed by atoms with van der Waals surface area (Å²) in [5, 5.41) is 2.42. The maximum atomic E-state index is 5.00. The van der Waals surface area contributed by atoms with E-state index in [0.717, 1.165) is 22.3 Å². The standard InChI is InChI=1S/C56H37N3/c1-5-18-40(19-6-1)53-57-54(41-20-7-2-8-21-41)59-55(58-53)42-31-29-39(30-32-42)47-35-33-38-17-13-14-26-46(38)52(47)43-34-36-49-48-27-15-16-28-50(48)56(51(49)37-43,44-22-9-3-10-23-44)45-24-11-4-12-25-45/h1-37H. The van der Waals surface area contributed by atoms with E-state index in [4.69, 9.17) is 15.0 Å². The van der Waals surface area contributed by atoms with Gasteiger partial charge in [-0.3, -0.25) is 0 Å². The molecule has 10 aromatic rings. The van der Waals surface area contributed by atoms with Crippen LogP contribution in [-0.4, -0.2) is 15.0 Å². The number of fused-ring (bicyclic) bond motifs is 4. The second-order valence-corrected chi connectivity index (χ2v) is 15.1. The molecular weight excluding hydrogens is 715 g/mol. The zero-order valence-electron chi connectivity index (χ0n) is 32.2. The Balaban J connectivity index is 1.09. The van der Waals surface area contributed by atoms with Crippen LogP contribution < -0.4 is 0 Å². The van der Waals surface area contributed by atoms with Crippen LogP contribution in [0.1, 0.15) is 22.3 Å². The normalized spacial score (nSPS) is 12.5. The fraction of sp³-hybridized carbons (Fsp3) is 0.0179. The van der Waals surface area contributed by atoms with Crippen molar-refractivity contribution in [3.8, 4) is 67.5 Å². The van der Waals surface area contributed by atoms with Crippen molar-refractivity contribution in [1.82, 2.24) is 15.0 Å². The van der Waals surface area contributed by atoms with Crippen LogP contribution in [0.25, 0.3) is 78.3 Å². The number of benzene rings is 9. The molecule has 0 bridgehead atoms. The van der Waals surface area contributed by atoms with E-state index in [1.807, 2.05) is 60.7 Å². The van der Waals surface area contributed by atoms with Gasteiger partial charge in [0, 0.05) is 16.7 Å². The lowest BCUT2D eigenvalue weighted by atomic mass is 9.67. The van der Waals surface area contributed by atoms with Crippen molar-refractivity contribution in [3.05, 3.63) is 247 Å². The Morgan fingerprint density at radius 2 is 0.729 bits per heavy atom. The van der Waals surface area contributed by atoms with E-state index in [1.54, 1.807) is 0 Å². The first-order valence-electron chi connectivity index (χ1n) is 20.1. The summed E-state index contributed by atoms with van der Waals surface area (Å²) in [6.45, 7) is 0. The van der Waals surface area contributed by atoms with Gasteiger partial charge in [-0.15, -0.1) is 0 Å². The zero-order chi connectivity index (χ0) is 39.2. The molecule has 0 N–H and O–H groups in total. The summed E-state index contributed by atoms with van der Waals surface area (Å²) in [6.07, 6.45) is 0. The number of hydrogen-bond donors (Lipinski definition) is 0. The van der Waals surface area contributed by atoms with Gasteiger partial charge in [0.15, 0.2) is 17.5 Å². The smallest absolute Gasteiger partial charge is 0.164 e. The minimum atomic E-state index is -0.488. The molecule has 1 heterocycles. The number of nitrogens with zero attached hydrogens (tertiary/aromatic N) is 3. The highest BCUT2D eigenvalue weighted by Crippen LogP contribution is 2.57. The highest BCUT2D eigenvalue weighted by molar-refractivity contribution is 6.05. The molecule has 0 saturated heterocycles. The second kappa shape index (κ2) is 14.3. The molecule has 1 aliphatic rings. The van der Waals surface area contributed by atoms with Gasteiger partial charge in [-0.05, 0) is 72.5 Å². The van der Waals surface area contributed by atoms with Crippen LogP contribution in [0.5, 0.6) is 0 Å². The average molecular weight is 752 g/mol. The number of hydrogen-bond acceptors (Lipinski definition) is 3. The van der Waals surface area contributed by atoms with E-state index in [2.05, 4.69) is 164 Å². The van der Waals surface area contributed by atoms with Gasteiger partial charge in [0.25, 0.3) is 0 Å². The molecule has 59 heavy (non-hydrogen) atoms. The summed E-state index contributed by atoms with van der Waals surface area (Å²) < 4.78 is 0. The van der Waals surface area contributed by atoms with Gasteiger partial charge >= 0.3 is 0 Å². The third kappa shape index (κ3) is 5.78. The van der Waals surface area contributed by atoms with Crippen LogP contribution in [0, 0.1) is 0 Å². The summed E-state index contributed by atoms with van der Waals surface area (Å²) in [5.41, 5.74) is 14.7. The Labute approximate surface area is 344 Å². The van der Waals surface area contributed by atoms with Crippen LogP contribution >= 0.6 is 0 Å². The Bertz CT molecular complexity index is 3030. The van der Waals surface area contributed by atoms with Crippen LogP contribution in [0.3, 0.4) is 0 Å². The maximum Gasteiger partial charge on any atom is 0.164 e. The van der Waals surface area contributed by atoms with Crippen LogP contribution in [0.15, 0.2) is 224 Å². The summed E-state index contributed by atoms with van der Waals surface area (Å²) in [7, 11) is 0. The fourth-order valence-corrected chi connectivity index (χ4v) is 9.16. The van der Waals surface area contributed by atoms with E-state index in [-0.39, 0.29) is 0 Å². The predicted octanol–water partition coefficient (Wildman–Crippen LogP) is 13.7. The predicted molar refractivity (Wildman–Crippen MR) is 242 cm³/mol. The van der Waals surface area contributed by atoms with Crippen molar-refractivity contribution in [2.75, 3.05) is 0 Å². The quantitative estimate of drug-likeness (QED) is 0.163. The van der Waals surface area contributed by atoms with E-state index < -0.39 is 5.41 Å². The topological polar surface area (TPSA) is 38.7 Å². The van der Waals surface area contributed by atoms with E-state index in [0.29, 0.717) is 17.5 Å². The molecule has 1 aliphatic carbocycles. The molecule has 3 heteroatoms. The Morgan fingerprint density at radius 3 is 1.34 bits per heavy atom. The first-order chi connectivity index (χ1) is 29.3. The minimum absolute atomic E-state index is 0.488. The monoisotopic (exact) mass is 751 g/mol. The fourth-order valence-electron chi connectivity index (χ4n) is 9.16. The molecule has 9 aromatic carbocycles. The largest absolute Gasteiger partial charge is 0.208 e. The molecule has 0 saturated carbocycles. The molecule has 0 aliphatic heterocycles. The summed E-state index contributed by atoms with van der Waals surface area (Å²) in [6, 6.07) is 80.3. The lowest BCUT2D eigenvalue weighted by molar-refractivity contribution is 0.769. The van der Waals surface area contributed by atoms with Gasteiger partial charge in [-0.2, -0.15) is 0 Å². The van der Waals surface area contributed by atoms with Crippen molar-refractivity contribution >= 4 is 10.8 Å². The third-order valence-corrected chi connectivity index (χ3v) is 11.8. The summed E-state index contributed by atoms with van der Waals surface area (Å²) >= 11 is 0. The molecule has 3 nitrogen and oxygen atoms in total. The lowest BCUT2D eigenvalue weighted by Gasteiger charge is -2.34. The summed E-state index contributed by atoms with van der Waals surface area (Å²) in [5.74, 6) is 1.94. The van der Waals surface area contributed by atoms with Gasteiger partial charge in [-0.1, -0.05) is 218 Å². The SMILES string of the molecule is c1ccc(-c2nc(-c3ccccc3)nc(-c3ccc(-c4ccc5ccccc5c4-c4ccc5c(c4)C(c4ccccc4)(c4ccccc4)c4ccccc4-5)cc3)n2)cc1. The van der Waals surface area contributed by atoms with Crippen molar-refractivity contribution in [2.45, 2.75) is 5.41 Å². The molecule has 1 aromatic heterocycles. The molecule has 0 atom stereocenters. The molecule has 0 amide bonds. The van der Waals surface area contributed by atoms with Crippen molar-refractivity contribution in [1.29, 1.82) is 0 Å². The minimum Gasteiger partial charge on any atom is -0.208 e. The van der Waals surface area contributed by atoms with E-state index >= 15 is 0 Å². The Morgan fingerprint density at radius 1 is 0.288 bits per heavy atom. The molecule has 0 spiro atoms. The second-order valence-electron chi connectivity index (χ2n) is 15.1. The Hall–Kier alpha value is -7.75. The van der Waals surface area contributed by atoms with Crippen molar-refractivity contribution in [3.63, 3.8) is 0 Å². The maximum absolute atomic E-state index is 5.00. The van der Waals surface area contributed by atoms with Crippen LogP contribution in [0.4, 0.5) is 0 Å². The molecule has 0 unspecified atom stereocenters. The van der Waals surface area contributed by atoms with Gasteiger partial charge in [0.1, 0.15) is 0 Å². The van der Waals surface area contributed by atoms with Gasteiger partial charge in [0.2, 0.25) is 0 Å². The van der Waals surface area contributed by atoms with Crippen molar-refractivity contribution in [2.24, 2.45) is 0 Å².